The molecule has 3 rings (SSSR count). The van der Waals surface area contributed by atoms with E-state index in [0.717, 1.165) is 10.8 Å². The summed E-state index contributed by atoms with van der Waals surface area (Å²) in [5.74, 6) is 0.0130. The van der Waals surface area contributed by atoms with E-state index >= 15 is 0 Å². The number of amides is 2. The molecule has 0 unspecified atom stereocenters. The van der Waals surface area contributed by atoms with E-state index in [1.54, 1.807) is 44.2 Å². The van der Waals surface area contributed by atoms with Crippen LogP contribution in [-0.2, 0) is 9.59 Å². The first-order valence-corrected chi connectivity index (χ1v) is 9.96. The molecule has 0 aliphatic rings. The van der Waals surface area contributed by atoms with Gasteiger partial charge in [-0.3, -0.25) is 25.2 Å². The molecular weight excluding hydrogens is 396 g/mol. The van der Waals surface area contributed by atoms with Crippen LogP contribution in [0, 0.1) is 0 Å². The number of benzene rings is 3. The summed E-state index contributed by atoms with van der Waals surface area (Å²) in [5.41, 5.74) is 5.20. The fourth-order valence-corrected chi connectivity index (χ4v) is 2.86. The Hall–Kier alpha value is -3.87. The standard InChI is InChI=1S/C24H24N2O5/c1-3-22(27)18-9-11-20(12-10-18)30-15-23(28)25-26-24(29)16(2)31-21-13-8-17-6-4-5-7-19(17)14-21/h4-14,16H,3,15H2,1-2H3,(H,25,28)(H,26,29)/t16-/m0/s1. The summed E-state index contributed by atoms with van der Waals surface area (Å²) in [4.78, 5) is 35.7. The lowest BCUT2D eigenvalue weighted by Gasteiger charge is -2.15. The Labute approximate surface area is 180 Å². The molecule has 2 N–H and O–H groups in total. The average Bonchev–Trinajstić information content (AvgIpc) is 2.80. The summed E-state index contributed by atoms with van der Waals surface area (Å²) in [7, 11) is 0. The van der Waals surface area contributed by atoms with E-state index in [1.165, 1.54) is 0 Å². The van der Waals surface area contributed by atoms with Crippen molar-refractivity contribution in [2.75, 3.05) is 6.61 Å². The number of carbonyl (C=O) groups excluding carboxylic acids is 3. The smallest absolute Gasteiger partial charge is 0.279 e. The van der Waals surface area contributed by atoms with E-state index in [-0.39, 0.29) is 12.4 Å². The number of Topliss-reactive ketones (excluding diaryl/α,β-unsaturated/α-hetero) is 1. The summed E-state index contributed by atoms with van der Waals surface area (Å²) in [5, 5.41) is 2.08. The van der Waals surface area contributed by atoms with E-state index in [0.29, 0.717) is 23.5 Å². The van der Waals surface area contributed by atoms with Crippen LogP contribution in [-0.4, -0.2) is 30.3 Å². The Morgan fingerprint density at radius 2 is 1.55 bits per heavy atom. The second-order valence-electron chi connectivity index (χ2n) is 6.90. The molecule has 2 amide bonds. The van der Waals surface area contributed by atoms with Crippen molar-refractivity contribution in [1.82, 2.24) is 10.9 Å². The van der Waals surface area contributed by atoms with Gasteiger partial charge in [0.25, 0.3) is 11.8 Å². The molecule has 0 saturated heterocycles. The van der Waals surface area contributed by atoms with Crippen LogP contribution in [0.25, 0.3) is 10.8 Å². The number of hydrogen-bond donors (Lipinski definition) is 2. The second kappa shape index (κ2) is 10.2. The molecule has 1 atom stereocenters. The molecule has 7 heteroatoms. The van der Waals surface area contributed by atoms with Gasteiger partial charge in [-0.1, -0.05) is 37.3 Å². The number of fused-ring (bicyclic) bond motifs is 1. The van der Waals surface area contributed by atoms with E-state index in [1.807, 2.05) is 36.4 Å². The maximum atomic E-state index is 12.2. The lowest BCUT2D eigenvalue weighted by molar-refractivity contribution is -0.133. The van der Waals surface area contributed by atoms with Crippen LogP contribution >= 0.6 is 0 Å². The minimum atomic E-state index is -0.814. The Kier molecular flexibility index (Phi) is 7.22. The highest BCUT2D eigenvalue weighted by Crippen LogP contribution is 2.21. The largest absolute Gasteiger partial charge is 0.484 e. The lowest BCUT2D eigenvalue weighted by Crippen LogP contribution is -2.48. The molecule has 0 heterocycles. The van der Waals surface area contributed by atoms with Crippen molar-refractivity contribution in [3.05, 3.63) is 72.3 Å². The Balaban J connectivity index is 1.43. The van der Waals surface area contributed by atoms with Crippen LogP contribution in [0.3, 0.4) is 0 Å². The minimum absolute atomic E-state index is 0.0343. The van der Waals surface area contributed by atoms with Crippen LogP contribution in [0.1, 0.15) is 30.6 Å². The molecule has 0 saturated carbocycles. The quantitative estimate of drug-likeness (QED) is 0.430. The molecule has 0 aliphatic heterocycles. The summed E-state index contributed by atoms with van der Waals surface area (Å²) < 4.78 is 11.0. The minimum Gasteiger partial charge on any atom is -0.484 e. The number of ketones is 1. The van der Waals surface area contributed by atoms with Gasteiger partial charge in [0.2, 0.25) is 0 Å². The highest BCUT2D eigenvalue weighted by Gasteiger charge is 2.16. The highest BCUT2D eigenvalue weighted by molar-refractivity contribution is 5.95. The van der Waals surface area contributed by atoms with Crippen molar-refractivity contribution >= 4 is 28.4 Å². The van der Waals surface area contributed by atoms with Gasteiger partial charge >= 0.3 is 0 Å². The average molecular weight is 420 g/mol. The molecule has 0 aromatic heterocycles. The third kappa shape index (κ3) is 6.05. The molecule has 3 aromatic rings. The Morgan fingerprint density at radius 1 is 0.871 bits per heavy atom. The van der Waals surface area contributed by atoms with Gasteiger partial charge in [-0.05, 0) is 54.1 Å². The molecule has 0 bridgehead atoms. The molecule has 31 heavy (non-hydrogen) atoms. The maximum absolute atomic E-state index is 12.2. The zero-order valence-corrected chi connectivity index (χ0v) is 17.4. The summed E-state index contributed by atoms with van der Waals surface area (Å²) in [6, 6.07) is 19.9. The van der Waals surface area contributed by atoms with Crippen LogP contribution in [0.2, 0.25) is 0 Å². The molecular formula is C24H24N2O5. The molecule has 160 valence electrons. The summed E-state index contributed by atoms with van der Waals surface area (Å²) >= 11 is 0. The van der Waals surface area contributed by atoms with Gasteiger partial charge in [0, 0.05) is 12.0 Å². The van der Waals surface area contributed by atoms with Gasteiger partial charge in [-0.25, -0.2) is 0 Å². The van der Waals surface area contributed by atoms with Gasteiger partial charge in [0.05, 0.1) is 0 Å². The first-order chi connectivity index (χ1) is 15.0. The molecule has 3 aromatic carbocycles. The Morgan fingerprint density at radius 3 is 2.26 bits per heavy atom. The molecule has 0 radical (unpaired) electrons. The maximum Gasteiger partial charge on any atom is 0.279 e. The molecule has 0 fully saturated rings. The number of nitrogens with one attached hydrogen (secondary N) is 2. The first kappa shape index (κ1) is 21.8. The van der Waals surface area contributed by atoms with Gasteiger partial charge in [-0.2, -0.15) is 0 Å². The fourth-order valence-electron chi connectivity index (χ4n) is 2.86. The number of ether oxygens (including phenoxy) is 2. The molecule has 0 aliphatic carbocycles. The number of hydrogen-bond acceptors (Lipinski definition) is 5. The van der Waals surface area contributed by atoms with Crippen LogP contribution in [0.15, 0.2) is 66.7 Å². The second-order valence-corrected chi connectivity index (χ2v) is 6.90. The van der Waals surface area contributed by atoms with Crippen molar-refractivity contribution < 1.29 is 23.9 Å². The van der Waals surface area contributed by atoms with Crippen molar-refractivity contribution in [2.45, 2.75) is 26.4 Å². The van der Waals surface area contributed by atoms with Crippen molar-refractivity contribution in [3.63, 3.8) is 0 Å². The zero-order chi connectivity index (χ0) is 22.2. The number of rotatable bonds is 8. The zero-order valence-electron chi connectivity index (χ0n) is 17.4. The Bertz CT molecular complexity index is 1080. The normalized spacial score (nSPS) is 11.4. The van der Waals surface area contributed by atoms with Crippen molar-refractivity contribution in [3.8, 4) is 11.5 Å². The topological polar surface area (TPSA) is 93.7 Å². The molecule has 7 nitrogen and oxygen atoms in total. The van der Waals surface area contributed by atoms with Crippen LogP contribution < -0.4 is 20.3 Å². The monoisotopic (exact) mass is 420 g/mol. The van der Waals surface area contributed by atoms with Gasteiger partial charge in [-0.15, -0.1) is 0 Å². The van der Waals surface area contributed by atoms with Gasteiger partial charge < -0.3 is 9.47 Å². The number of hydrazine groups is 1. The van der Waals surface area contributed by atoms with Crippen LogP contribution in [0.5, 0.6) is 11.5 Å². The fraction of sp³-hybridized carbons (Fsp3) is 0.208. The van der Waals surface area contributed by atoms with Crippen molar-refractivity contribution in [2.24, 2.45) is 0 Å². The van der Waals surface area contributed by atoms with E-state index < -0.39 is 17.9 Å². The first-order valence-electron chi connectivity index (χ1n) is 9.96. The van der Waals surface area contributed by atoms with Gasteiger partial charge in [0.1, 0.15) is 11.5 Å². The predicted octanol–water partition coefficient (Wildman–Crippen LogP) is 3.43. The van der Waals surface area contributed by atoms with E-state index in [4.69, 9.17) is 9.47 Å². The summed E-state index contributed by atoms with van der Waals surface area (Å²) in [6.45, 7) is 3.09. The third-order valence-corrected chi connectivity index (χ3v) is 4.60. The van der Waals surface area contributed by atoms with Crippen LogP contribution in [0.4, 0.5) is 0 Å². The summed E-state index contributed by atoms with van der Waals surface area (Å²) in [6.07, 6.45) is -0.392. The lowest BCUT2D eigenvalue weighted by atomic mass is 10.1. The van der Waals surface area contributed by atoms with E-state index in [2.05, 4.69) is 10.9 Å². The SMILES string of the molecule is CCC(=O)c1ccc(OCC(=O)NNC(=O)[C@H](C)Oc2ccc3ccccc3c2)cc1. The predicted molar refractivity (Wildman–Crippen MR) is 117 cm³/mol. The molecule has 0 spiro atoms. The van der Waals surface area contributed by atoms with E-state index in [9.17, 15) is 14.4 Å². The van der Waals surface area contributed by atoms with Crippen molar-refractivity contribution in [1.29, 1.82) is 0 Å². The number of carbonyl (C=O) groups is 3. The highest BCUT2D eigenvalue weighted by atomic mass is 16.5. The van der Waals surface area contributed by atoms with Gasteiger partial charge in [0.15, 0.2) is 18.5 Å². The third-order valence-electron chi connectivity index (χ3n) is 4.60.